The summed E-state index contributed by atoms with van der Waals surface area (Å²) in [6.45, 7) is 0.460. The maximum atomic E-state index is 13.2. The van der Waals surface area contributed by atoms with Crippen molar-refractivity contribution in [2.24, 2.45) is 0 Å². The van der Waals surface area contributed by atoms with Crippen LogP contribution in [0.3, 0.4) is 0 Å². The van der Waals surface area contributed by atoms with Crippen LogP contribution in [0.2, 0.25) is 0 Å². The number of aromatic nitrogens is 2. The van der Waals surface area contributed by atoms with E-state index in [1.807, 2.05) is 18.2 Å². The second-order valence-electron chi connectivity index (χ2n) is 8.96. The summed E-state index contributed by atoms with van der Waals surface area (Å²) < 4.78 is 15.5. The van der Waals surface area contributed by atoms with Gasteiger partial charge in [0.2, 0.25) is 5.91 Å². The minimum absolute atomic E-state index is 0.0660. The summed E-state index contributed by atoms with van der Waals surface area (Å²) in [5.74, 6) is -0.475. The van der Waals surface area contributed by atoms with Crippen molar-refractivity contribution in [2.45, 2.75) is 50.2 Å². The highest BCUT2D eigenvalue weighted by atomic mass is 32.1. The number of halogens is 1. The molecular weight excluding hydrogens is 449 g/mol. The molecule has 2 atom stereocenters. The third-order valence-electron chi connectivity index (χ3n) is 6.73. The Labute approximate surface area is 204 Å². The van der Waals surface area contributed by atoms with E-state index in [0.29, 0.717) is 23.4 Å². The third-order valence-corrected chi connectivity index (χ3v) is 7.08. The number of thiocarbonyl (C=S) groups is 1. The van der Waals surface area contributed by atoms with E-state index in [2.05, 4.69) is 43.5 Å². The van der Waals surface area contributed by atoms with E-state index in [9.17, 15) is 9.18 Å². The van der Waals surface area contributed by atoms with Gasteiger partial charge >= 0.3 is 0 Å². The normalized spacial score (nSPS) is 20.5. The molecule has 2 aromatic heterocycles. The first kappa shape index (κ1) is 22.5. The van der Waals surface area contributed by atoms with E-state index in [0.717, 1.165) is 11.3 Å². The second kappa shape index (κ2) is 9.93. The molecule has 1 amide bonds. The fourth-order valence-corrected chi connectivity index (χ4v) is 5.36. The van der Waals surface area contributed by atoms with Crippen LogP contribution < -0.4 is 10.6 Å². The molecule has 2 aliphatic rings. The number of pyridine rings is 1. The van der Waals surface area contributed by atoms with Gasteiger partial charge in [-0.1, -0.05) is 18.9 Å². The standard InChI is InChI=1S/C26H28FN5OS/c27-19-8-10-20(11-9-19)29-23(33)13-16-32-25(18-12-15-31(17-18)21-5-1-2-6-21)24(30-26(32)34)22-7-3-4-14-28-22/h3-4,7-12,14-15,17,21,24-25H,1-2,5-6,13,16H2,(H,29,33)(H,30,34)/t24-,25-/m1/s1. The maximum Gasteiger partial charge on any atom is 0.226 e. The maximum absolute atomic E-state index is 13.2. The zero-order chi connectivity index (χ0) is 23.5. The lowest BCUT2D eigenvalue weighted by Crippen LogP contribution is -2.32. The summed E-state index contributed by atoms with van der Waals surface area (Å²) in [6.07, 6.45) is 11.4. The minimum atomic E-state index is -0.334. The van der Waals surface area contributed by atoms with Crippen LogP contribution >= 0.6 is 12.2 Å². The molecule has 1 aliphatic heterocycles. The first-order chi connectivity index (χ1) is 16.6. The predicted molar refractivity (Wildman–Crippen MR) is 134 cm³/mol. The Morgan fingerprint density at radius 3 is 2.68 bits per heavy atom. The second-order valence-corrected chi connectivity index (χ2v) is 9.34. The highest BCUT2D eigenvalue weighted by Crippen LogP contribution is 2.40. The smallest absolute Gasteiger partial charge is 0.226 e. The zero-order valence-corrected chi connectivity index (χ0v) is 19.7. The van der Waals surface area contributed by atoms with E-state index in [4.69, 9.17) is 12.2 Å². The summed E-state index contributed by atoms with van der Waals surface area (Å²) in [4.78, 5) is 19.3. The molecule has 8 heteroatoms. The molecule has 5 rings (SSSR count). The minimum Gasteiger partial charge on any atom is -0.352 e. The van der Waals surface area contributed by atoms with Gasteiger partial charge in [0, 0.05) is 43.3 Å². The van der Waals surface area contributed by atoms with Crippen LogP contribution in [0, 0.1) is 5.82 Å². The quantitative estimate of drug-likeness (QED) is 0.462. The molecule has 0 unspecified atom stereocenters. The largest absolute Gasteiger partial charge is 0.352 e. The van der Waals surface area contributed by atoms with Gasteiger partial charge < -0.3 is 20.1 Å². The first-order valence-electron chi connectivity index (χ1n) is 11.8. The number of amides is 1. The molecule has 3 heterocycles. The molecule has 34 heavy (non-hydrogen) atoms. The number of nitrogens with one attached hydrogen (secondary N) is 2. The number of nitrogens with zero attached hydrogens (tertiary/aromatic N) is 3. The lowest BCUT2D eigenvalue weighted by atomic mass is 9.99. The highest BCUT2D eigenvalue weighted by Gasteiger charge is 2.40. The van der Waals surface area contributed by atoms with Crippen LogP contribution in [-0.2, 0) is 4.79 Å². The van der Waals surface area contributed by atoms with Gasteiger partial charge in [-0.2, -0.15) is 0 Å². The van der Waals surface area contributed by atoms with Crippen LogP contribution in [0.15, 0.2) is 67.1 Å². The SMILES string of the molecule is O=C(CCN1C(=S)N[C@H](c2ccccn2)[C@H]1c1ccn(C2CCCC2)c1)Nc1ccc(F)cc1. The van der Waals surface area contributed by atoms with Crippen molar-refractivity contribution < 1.29 is 9.18 Å². The average Bonchev–Trinajstić information content (AvgIpc) is 3.60. The molecule has 1 saturated heterocycles. The Morgan fingerprint density at radius 2 is 1.94 bits per heavy atom. The van der Waals surface area contributed by atoms with Gasteiger partial charge in [-0.05, 0) is 73.1 Å². The molecule has 0 bridgehead atoms. The monoisotopic (exact) mass is 477 g/mol. The Morgan fingerprint density at radius 1 is 1.15 bits per heavy atom. The summed E-state index contributed by atoms with van der Waals surface area (Å²) in [5, 5.41) is 6.89. The third kappa shape index (κ3) is 4.82. The Hall–Kier alpha value is -3.26. The number of rotatable bonds is 7. The van der Waals surface area contributed by atoms with E-state index >= 15 is 0 Å². The number of carbonyl (C=O) groups excluding carboxylic acids is 1. The van der Waals surface area contributed by atoms with Gasteiger partial charge in [-0.3, -0.25) is 9.78 Å². The van der Waals surface area contributed by atoms with Gasteiger partial charge in [-0.15, -0.1) is 0 Å². The van der Waals surface area contributed by atoms with Crippen molar-refractivity contribution in [3.63, 3.8) is 0 Å². The van der Waals surface area contributed by atoms with Crippen LogP contribution in [0.25, 0.3) is 0 Å². The van der Waals surface area contributed by atoms with Gasteiger partial charge in [-0.25, -0.2) is 4.39 Å². The number of anilines is 1. The summed E-state index contributed by atoms with van der Waals surface area (Å²) in [7, 11) is 0. The molecule has 6 nitrogen and oxygen atoms in total. The van der Waals surface area contributed by atoms with Crippen molar-refractivity contribution in [2.75, 3.05) is 11.9 Å². The van der Waals surface area contributed by atoms with Crippen molar-refractivity contribution >= 4 is 28.9 Å². The molecular formula is C26H28FN5OS. The fourth-order valence-electron chi connectivity index (χ4n) is 5.02. The van der Waals surface area contributed by atoms with E-state index < -0.39 is 0 Å². The first-order valence-corrected chi connectivity index (χ1v) is 12.2. The lowest BCUT2D eigenvalue weighted by Gasteiger charge is -2.27. The average molecular weight is 478 g/mol. The molecule has 1 aromatic carbocycles. The van der Waals surface area contributed by atoms with Gasteiger partial charge in [0.25, 0.3) is 0 Å². The van der Waals surface area contributed by atoms with E-state index in [1.54, 1.807) is 18.3 Å². The highest BCUT2D eigenvalue weighted by molar-refractivity contribution is 7.80. The van der Waals surface area contributed by atoms with Gasteiger partial charge in [0.05, 0.1) is 17.8 Å². The lowest BCUT2D eigenvalue weighted by molar-refractivity contribution is -0.116. The number of carbonyl (C=O) groups is 1. The molecule has 0 radical (unpaired) electrons. The van der Waals surface area contributed by atoms with E-state index in [1.165, 1.54) is 37.8 Å². The van der Waals surface area contributed by atoms with Crippen LogP contribution in [-0.4, -0.2) is 32.0 Å². The number of hydrogen-bond acceptors (Lipinski definition) is 3. The molecule has 2 N–H and O–H groups in total. The molecule has 176 valence electrons. The Kier molecular flexibility index (Phi) is 6.58. The molecule has 1 aliphatic carbocycles. The zero-order valence-electron chi connectivity index (χ0n) is 18.9. The van der Waals surface area contributed by atoms with Crippen molar-refractivity contribution in [3.8, 4) is 0 Å². The van der Waals surface area contributed by atoms with Gasteiger partial charge in [0.15, 0.2) is 5.11 Å². The van der Waals surface area contributed by atoms with Crippen LogP contribution in [0.5, 0.6) is 0 Å². The van der Waals surface area contributed by atoms with Crippen molar-refractivity contribution in [1.82, 2.24) is 19.8 Å². The topological polar surface area (TPSA) is 62.2 Å². The van der Waals surface area contributed by atoms with Crippen molar-refractivity contribution in [1.29, 1.82) is 0 Å². The Balaban J connectivity index is 1.35. The number of benzene rings is 1. The summed E-state index contributed by atoms with van der Waals surface area (Å²) in [5.41, 5.74) is 2.65. The van der Waals surface area contributed by atoms with Crippen LogP contribution in [0.1, 0.15) is 61.5 Å². The van der Waals surface area contributed by atoms with Gasteiger partial charge in [0.1, 0.15) is 5.82 Å². The fraction of sp³-hybridized carbons (Fsp3) is 0.346. The molecule has 3 aromatic rings. The predicted octanol–water partition coefficient (Wildman–Crippen LogP) is 5.14. The number of hydrogen-bond donors (Lipinski definition) is 2. The van der Waals surface area contributed by atoms with E-state index in [-0.39, 0.29) is 30.2 Å². The molecule has 1 saturated carbocycles. The molecule has 2 fully saturated rings. The summed E-state index contributed by atoms with van der Waals surface area (Å²) >= 11 is 5.71. The molecule has 0 spiro atoms. The van der Waals surface area contributed by atoms with Crippen molar-refractivity contribution in [3.05, 3.63) is 84.2 Å². The van der Waals surface area contributed by atoms with Crippen LogP contribution in [0.4, 0.5) is 10.1 Å². The summed E-state index contributed by atoms with van der Waals surface area (Å²) in [6, 6.07) is 14.2. The Bertz CT molecular complexity index is 1140.